The second-order valence-corrected chi connectivity index (χ2v) is 5.03. The Hall–Kier alpha value is -2.10. The summed E-state index contributed by atoms with van der Waals surface area (Å²) in [5.74, 6) is -0.226. The first-order chi connectivity index (χ1) is 9.86. The van der Waals surface area contributed by atoms with Gasteiger partial charge in [0.15, 0.2) is 0 Å². The number of aryl methyl sites for hydroxylation is 1. The van der Waals surface area contributed by atoms with E-state index in [4.69, 9.17) is 0 Å². The van der Waals surface area contributed by atoms with Crippen LogP contribution in [-0.2, 0) is 23.8 Å². The van der Waals surface area contributed by atoms with Crippen molar-refractivity contribution in [2.75, 3.05) is 0 Å². The van der Waals surface area contributed by atoms with Gasteiger partial charge in [-0.15, -0.1) is 0 Å². The molecule has 1 nitrogen and oxygen atoms in total. The average molecular weight is 292 g/mol. The second-order valence-electron chi connectivity index (χ2n) is 5.03. The number of rotatable bonds is 4. The summed E-state index contributed by atoms with van der Waals surface area (Å²) in [6.07, 6.45) is -4.49. The molecule has 0 aliphatic heterocycles. The van der Waals surface area contributed by atoms with Gasteiger partial charge in [0, 0.05) is 12.8 Å². The Labute approximate surface area is 121 Å². The van der Waals surface area contributed by atoms with Gasteiger partial charge in [-0.3, -0.25) is 4.79 Å². The maximum atomic E-state index is 12.9. The van der Waals surface area contributed by atoms with E-state index in [0.717, 1.165) is 17.2 Å². The lowest BCUT2D eigenvalue weighted by molar-refractivity contribution is -0.138. The van der Waals surface area contributed by atoms with Crippen molar-refractivity contribution in [3.63, 3.8) is 0 Å². The lowest BCUT2D eigenvalue weighted by Crippen LogP contribution is -2.13. The SMILES string of the molecule is Cc1ccc(CC(=O)Cc2ccccc2C(F)(F)F)cc1. The van der Waals surface area contributed by atoms with Gasteiger partial charge in [-0.1, -0.05) is 48.0 Å². The molecule has 0 amide bonds. The third-order valence-corrected chi connectivity index (χ3v) is 3.23. The highest BCUT2D eigenvalue weighted by molar-refractivity contribution is 5.83. The molecule has 0 radical (unpaired) electrons. The van der Waals surface area contributed by atoms with Crippen LogP contribution in [0, 0.1) is 6.92 Å². The van der Waals surface area contributed by atoms with Crippen LogP contribution in [0.4, 0.5) is 13.2 Å². The van der Waals surface area contributed by atoms with Crippen LogP contribution in [0.2, 0.25) is 0 Å². The van der Waals surface area contributed by atoms with E-state index in [-0.39, 0.29) is 24.2 Å². The van der Waals surface area contributed by atoms with Gasteiger partial charge in [-0.05, 0) is 24.1 Å². The number of benzene rings is 2. The number of ketones is 1. The standard InChI is InChI=1S/C17H15F3O/c1-12-6-8-13(9-7-12)10-15(21)11-14-4-2-3-5-16(14)17(18,19)20/h2-9H,10-11H2,1H3. The molecule has 0 aliphatic carbocycles. The molecule has 21 heavy (non-hydrogen) atoms. The van der Waals surface area contributed by atoms with Crippen molar-refractivity contribution >= 4 is 5.78 Å². The summed E-state index contributed by atoms with van der Waals surface area (Å²) in [4.78, 5) is 12.0. The molecular formula is C17H15F3O. The largest absolute Gasteiger partial charge is 0.416 e. The van der Waals surface area contributed by atoms with Crippen molar-refractivity contribution in [1.82, 2.24) is 0 Å². The molecule has 0 atom stereocenters. The third-order valence-electron chi connectivity index (χ3n) is 3.23. The van der Waals surface area contributed by atoms with E-state index >= 15 is 0 Å². The first-order valence-electron chi connectivity index (χ1n) is 6.58. The molecule has 0 aliphatic rings. The van der Waals surface area contributed by atoms with Crippen LogP contribution in [0.3, 0.4) is 0 Å². The maximum absolute atomic E-state index is 12.9. The van der Waals surface area contributed by atoms with Crippen molar-refractivity contribution in [3.8, 4) is 0 Å². The van der Waals surface area contributed by atoms with E-state index in [1.54, 1.807) is 0 Å². The summed E-state index contributed by atoms with van der Waals surface area (Å²) in [5.41, 5.74) is 1.19. The fourth-order valence-electron chi connectivity index (χ4n) is 2.16. The van der Waals surface area contributed by atoms with Crippen molar-refractivity contribution in [2.24, 2.45) is 0 Å². The highest BCUT2D eigenvalue weighted by atomic mass is 19.4. The van der Waals surface area contributed by atoms with Gasteiger partial charge < -0.3 is 0 Å². The van der Waals surface area contributed by atoms with E-state index in [0.29, 0.717) is 0 Å². The van der Waals surface area contributed by atoms with Gasteiger partial charge in [0.1, 0.15) is 5.78 Å². The zero-order valence-corrected chi connectivity index (χ0v) is 11.6. The molecule has 0 spiro atoms. The number of hydrogen-bond donors (Lipinski definition) is 0. The Bertz CT molecular complexity index is 627. The zero-order valence-electron chi connectivity index (χ0n) is 11.6. The van der Waals surface area contributed by atoms with Crippen molar-refractivity contribution < 1.29 is 18.0 Å². The van der Waals surface area contributed by atoms with E-state index in [9.17, 15) is 18.0 Å². The van der Waals surface area contributed by atoms with Gasteiger partial charge in [-0.25, -0.2) is 0 Å². The quantitative estimate of drug-likeness (QED) is 0.818. The molecule has 4 heteroatoms. The number of carbonyl (C=O) groups is 1. The fraction of sp³-hybridized carbons (Fsp3) is 0.235. The van der Waals surface area contributed by atoms with Crippen molar-refractivity contribution in [2.45, 2.75) is 25.9 Å². The summed E-state index contributed by atoms with van der Waals surface area (Å²) in [5, 5.41) is 0. The molecule has 0 aromatic heterocycles. The van der Waals surface area contributed by atoms with E-state index in [1.807, 2.05) is 31.2 Å². The van der Waals surface area contributed by atoms with Gasteiger partial charge in [0.2, 0.25) is 0 Å². The fourth-order valence-corrected chi connectivity index (χ4v) is 2.16. The molecule has 0 N–H and O–H groups in total. The molecule has 0 bridgehead atoms. The average Bonchev–Trinajstić information content (AvgIpc) is 2.41. The summed E-state index contributed by atoms with van der Waals surface area (Å²) in [7, 11) is 0. The van der Waals surface area contributed by atoms with Gasteiger partial charge in [-0.2, -0.15) is 13.2 Å². The second kappa shape index (κ2) is 6.12. The lowest BCUT2D eigenvalue weighted by Gasteiger charge is -2.12. The van der Waals surface area contributed by atoms with Crippen molar-refractivity contribution in [3.05, 3.63) is 70.8 Å². The summed E-state index contributed by atoms with van der Waals surface area (Å²) < 4.78 is 38.6. The summed E-state index contributed by atoms with van der Waals surface area (Å²) in [6.45, 7) is 1.94. The van der Waals surface area contributed by atoms with Crippen LogP contribution in [0.25, 0.3) is 0 Å². The maximum Gasteiger partial charge on any atom is 0.416 e. The number of Topliss-reactive ketones (excluding diaryl/α,β-unsaturated/α-hetero) is 1. The topological polar surface area (TPSA) is 17.1 Å². The first kappa shape index (κ1) is 15.3. The van der Waals surface area contributed by atoms with Crippen LogP contribution in [0.5, 0.6) is 0 Å². The molecule has 110 valence electrons. The molecule has 0 saturated heterocycles. The third kappa shape index (κ3) is 4.18. The van der Waals surface area contributed by atoms with E-state index in [2.05, 4.69) is 0 Å². The number of halogens is 3. The van der Waals surface area contributed by atoms with Crippen LogP contribution in [-0.4, -0.2) is 5.78 Å². The van der Waals surface area contributed by atoms with E-state index in [1.165, 1.54) is 18.2 Å². The minimum atomic E-state index is -4.43. The summed E-state index contributed by atoms with van der Waals surface area (Å²) >= 11 is 0. The number of hydrogen-bond acceptors (Lipinski definition) is 1. The van der Waals surface area contributed by atoms with E-state index < -0.39 is 11.7 Å². The van der Waals surface area contributed by atoms with Gasteiger partial charge in [0.05, 0.1) is 5.56 Å². The highest BCUT2D eigenvalue weighted by Gasteiger charge is 2.33. The smallest absolute Gasteiger partial charge is 0.299 e. The molecule has 2 aromatic carbocycles. The molecule has 0 heterocycles. The Morgan fingerprint density at radius 3 is 2.19 bits per heavy atom. The normalized spacial score (nSPS) is 11.4. The number of carbonyl (C=O) groups excluding carboxylic acids is 1. The predicted octanol–water partition coefficient (Wildman–Crippen LogP) is 4.37. The molecule has 0 unspecified atom stereocenters. The summed E-state index contributed by atoms with van der Waals surface area (Å²) in [6, 6.07) is 12.6. The molecule has 2 rings (SSSR count). The van der Waals surface area contributed by atoms with Gasteiger partial charge in [0.25, 0.3) is 0 Å². The number of alkyl halides is 3. The predicted molar refractivity (Wildman–Crippen MR) is 75.0 cm³/mol. The zero-order chi connectivity index (χ0) is 15.5. The highest BCUT2D eigenvalue weighted by Crippen LogP contribution is 2.32. The van der Waals surface area contributed by atoms with Crippen LogP contribution < -0.4 is 0 Å². The Morgan fingerprint density at radius 1 is 0.952 bits per heavy atom. The monoisotopic (exact) mass is 292 g/mol. The molecular weight excluding hydrogens is 277 g/mol. The first-order valence-corrected chi connectivity index (χ1v) is 6.58. The Balaban J connectivity index is 2.11. The molecule has 2 aromatic rings. The van der Waals surface area contributed by atoms with Crippen LogP contribution in [0.15, 0.2) is 48.5 Å². The minimum Gasteiger partial charge on any atom is -0.299 e. The van der Waals surface area contributed by atoms with Crippen LogP contribution >= 0.6 is 0 Å². The Kier molecular flexibility index (Phi) is 4.46. The lowest BCUT2D eigenvalue weighted by atomic mass is 9.98. The van der Waals surface area contributed by atoms with Crippen LogP contribution in [0.1, 0.15) is 22.3 Å². The van der Waals surface area contributed by atoms with Gasteiger partial charge >= 0.3 is 6.18 Å². The minimum absolute atomic E-state index is 0.0297. The molecule has 0 fully saturated rings. The Morgan fingerprint density at radius 2 is 1.57 bits per heavy atom. The van der Waals surface area contributed by atoms with Crippen molar-refractivity contribution in [1.29, 1.82) is 0 Å². The molecule has 0 saturated carbocycles.